The van der Waals surface area contributed by atoms with Crippen molar-refractivity contribution in [2.45, 2.75) is 79.7 Å². The van der Waals surface area contributed by atoms with Crippen LogP contribution in [0.3, 0.4) is 0 Å². The Morgan fingerprint density at radius 2 is 1.59 bits per heavy atom. The van der Waals surface area contributed by atoms with Crippen LogP contribution in [0.15, 0.2) is 0 Å². The first kappa shape index (κ1) is 15.0. The molecule has 1 nitrogen and oxygen atoms in total. The zero-order valence-electron chi connectivity index (χ0n) is 12.8. The van der Waals surface area contributed by atoms with Crippen LogP contribution in [0.25, 0.3) is 0 Å². The number of rotatable bonds is 3. The lowest BCUT2D eigenvalue weighted by Gasteiger charge is -2.43. The van der Waals surface area contributed by atoms with Crippen molar-refractivity contribution in [1.29, 1.82) is 0 Å². The maximum Gasteiger partial charge on any atom is 0.00747 e. The van der Waals surface area contributed by atoms with Crippen LogP contribution < -0.4 is 5.73 Å². The van der Waals surface area contributed by atoms with Gasteiger partial charge in [0.1, 0.15) is 0 Å². The maximum atomic E-state index is 6.39. The summed E-state index contributed by atoms with van der Waals surface area (Å²) in [5.74, 6) is 1.56. The minimum atomic E-state index is 0.410. The Hall–Kier alpha value is -0.0400. The van der Waals surface area contributed by atoms with E-state index >= 15 is 0 Å². The van der Waals surface area contributed by atoms with Crippen molar-refractivity contribution in [3.63, 3.8) is 0 Å². The van der Waals surface area contributed by atoms with Gasteiger partial charge in [0.05, 0.1) is 0 Å². The molecule has 1 aliphatic rings. The van der Waals surface area contributed by atoms with E-state index in [1.165, 1.54) is 32.1 Å². The predicted molar refractivity (Wildman–Crippen MR) is 77.0 cm³/mol. The largest absolute Gasteiger partial charge is 0.327 e. The van der Waals surface area contributed by atoms with Crippen molar-refractivity contribution in [1.82, 2.24) is 0 Å². The van der Waals surface area contributed by atoms with Crippen LogP contribution in [0.5, 0.6) is 0 Å². The average molecular weight is 239 g/mol. The summed E-state index contributed by atoms with van der Waals surface area (Å²) < 4.78 is 0. The van der Waals surface area contributed by atoms with Crippen LogP contribution in [0.4, 0.5) is 0 Å². The van der Waals surface area contributed by atoms with Crippen LogP contribution in [-0.4, -0.2) is 6.04 Å². The molecule has 1 aliphatic carbocycles. The van der Waals surface area contributed by atoms with Gasteiger partial charge in [0.2, 0.25) is 0 Å². The van der Waals surface area contributed by atoms with Crippen LogP contribution in [-0.2, 0) is 0 Å². The van der Waals surface area contributed by atoms with Gasteiger partial charge in [-0.2, -0.15) is 0 Å². The van der Waals surface area contributed by atoms with Crippen LogP contribution >= 0.6 is 0 Å². The molecule has 1 saturated carbocycles. The number of hydrogen-bond donors (Lipinski definition) is 1. The van der Waals surface area contributed by atoms with Gasteiger partial charge in [0, 0.05) is 6.04 Å². The van der Waals surface area contributed by atoms with E-state index in [2.05, 4.69) is 41.5 Å². The number of hydrogen-bond acceptors (Lipinski definition) is 1. The first-order valence-corrected chi connectivity index (χ1v) is 7.37. The van der Waals surface area contributed by atoms with Crippen molar-refractivity contribution in [3.05, 3.63) is 0 Å². The summed E-state index contributed by atoms with van der Waals surface area (Å²) >= 11 is 0. The molecule has 17 heavy (non-hydrogen) atoms. The van der Waals surface area contributed by atoms with Gasteiger partial charge in [0.15, 0.2) is 0 Å². The smallest absolute Gasteiger partial charge is 0.00747 e. The molecule has 1 fully saturated rings. The molecular weight excluding hydrogens is 206 g/mol. The summed E-state index contributed by atoms with van der Waals surface area (Å²) in [5, 5.41) is 0. The van der Waals surface area contributed by atoms with Crippen molar-refractivity contribution in [3.8, 4) is 0 Å². The van der Waals surface area contributed by atoms with Gasteiger partial charge in [-0.15, -0.1) is 0 Å². The molecule has 0 spiro atoms. The van der Waals surface area contributed by atoms with Crippen molar-refractivity contribution in [2.24, 2.45) is 28.4 Å². The predicted octanol–water partition coefficient (Wildman–Crippen LogP) is 4.60. The van der Waals surface area contributed by atoms with Crippen LogP contribution in [0, 0.1) is 22.7 Å². The highest BCUT2D eigenvalue weighted by atomic mass is 14.7. The van der Waals surface area contributed by atoms with Crippen molar-refractivity contribution in [2.75, 3.05) is 0 Å². The summed E-state index contributed by atoms with van der Waals surface area (Å²) in [6, 6.07) is 0.425. The van der Waals surface area contributed by atoms with E-state index < -0.39 is 0 Å². The molecular formula is C16H33N. The minimum Gasteiger partial charge on any atom is -0.327 e. The molecule has 3 atom stereocenters. The molecule has 102 valence electrons. The molecule has 0 radical (unpaired) electrons. The Labute approximate surface area is 109 Å². The molecule has 3 unspecified atom stereocenters. The highest BCUT2D eigenvalue weighted by Crippen LogP contribution is 2.43. The number of nitrogens with two attached hydrogens (primary N) is 1. The Morgan fingerprint density at radius 3 is 2.06 bits per heavy atom. The summed E-state index contributed by atoms with van der Waals surface area (Å²) in [6.07, 6.45) is 6.54. The summed E-state index contributed by atoms with van der Waals surface area (Å²) in [5.41, 5.74) is 7.25. The average Bonchev–Trinajstić information content (AvgIpc) is 2.13. The minimum absolute atomic E-state index is 0.410. The molecule has 0 heterocycles. The van der Waals surface area contributed by atoms with Gasteiger partial charge >= 0.3 is 0 Å². The van der Waals surface area contributed by atoms with Gasteiger partial charge in [-0.25, -0.2) is 0 Å². The normalized spacial score (nSPS) is 31.6. The summed E-state index contributed by atoms with van der Waals surface area (Å²) in [6.45, 7) is 14.2. The fourth-order valence-electron chi connectivity index (χ4n) is 3.28. The molecule has 0 aromatic heterocycles. The zero-order chi connectivity index (χ0) is 13.3. The molecule has 0 aliphatic heterocycles. The Morgan fingerprint density at radius 1 is 1.00 bits per heavy atom. The SMILES string of the molecule is CC1CCC(C(C)(C)CCC(C)(C)C)C(N)C1. The molecule has 2 N–H and O–H groups in total. The quantitative estimate of drug-likeness (QED) is 0.765. The topological polar surface area (TPSA) is 26.0 Å². The molecule has 0 aromatic carbocycles. The lowest BCUT2D eigenvalue weighted by molar-refractivity contribution is 0.0918. The fraction of sp³-hybridized carbons (Fsp3) is 1.00. The lowest BCUT2D eigenvalue weighted by Crippen LogP contribution is -2.44. The fourth-order valence-corrected chi connectivity index (χ4v) is 3.28. The second-order valence-electron chi connectivity index (χ2n) is 8.24. The van der Waals surface area contributed by atoms with E-state index in [9.17, 15) is 0 Å². The van der Waals surface area contributed by atoms with Crippen molar-refractivity contribution >= 4 is 0 Å². The van der Waals surface area contributed by atoms with E-state index in [1.54, 1.807) is 0 Å². The van der Waals surface area contributed by atoms with E-state index in [1.807, 2.05) is 0 Å². The Balaban J connectivity index is 2.57. The standard InChI is InChI=1S/C16H33N/c1-12-7-8-13(14(17)11-12)16(5,6)10-9-15(2,3)4/h12-14H,7-11,17H2,1-6H3. The van der Waals surface area contributed by atoms with Gasteiger partial charge in [-0.3, -0.25) is 0 Å². The molecule has 1 rings (SSSR count). The van der Waals surface area contributed by atoms with Crippen LogP contribution in [0.2, 0.25) is 0 Å². The monoisotopic (exact) mass is 239 g/mol. The molecule has 0 aromatic rings. The third kappa shape index (κ3) is 4.62. The lowest BCUT2D eigenvalue weighted by atomic mass is 9.64. The van der Waals surface area contributed by atoms with Gasteiger partial charge < -0.3 is 5.73 Å². The summed E-state index contributed by atoms with van der Waals surface area (Å²) in [4.78, 5) is 0. The Kier molecular flexibility index (Phi) is 4.68. The third-order valence-corrected chi connectivity index (χ3v) is 4.68. The van der Waals surface area contributed by atoms with E-state index in [0.717, 1.165) is 11.8 Å². The molecule has 1 heteroatoms. The highest BCUT2D eigenvalue weighted by molar-refractivity contribution is 4.90. The van der Waals surface area contributed by atoms with Crippen molar-refractivity contribution < 1.29 is 0 Å². The first-order valence-electron chi connectivity index (χ1n) is 7.37. The second kappa shape index (κ2) is 5.30. The maximum absolute atomic E-state index is 6.39. The third-order valence-electron chi connectivity index (χ3n) is 4.68. The zero-order valence-corrected chi connectivity index (χ0v) is 12.8. The van der Waals surface area contributed by atoms with E-state index in [-0.39, 0.29) is 0 Å². The van der Waals surface area contributed by atoms with Gasteiger partial charge in [0.25, 0.3) is 0 Å². The molecule has 0 saturated heterocycles. The van der Waals surface area contributed by atoms with Crippen LogP contribution in [0.1, 0.15) is 73.6 Å². The second-order valence-corrected chi connectivity index (χ2v) is 8.24. The summed E-state index contributed by atoms with van der Waals surface area (Å²) in [7, 11) is 0. The van der Waals surface area contributed by atoms with E-state index in [0.29, 0.717) is 16.9 Å². The van der Waals surface area contributed by atoms with Gasteiger partial charge in [-0.1, -0.05) is 48.0 Å². The van der Waals surface area contributed by atoms with Gasteiger partial charge in [-0.05, 0) is 48.3 Å². The molecule has 0 amide bonds. The molecule has 0 bridgehead atoms. The first-order chi connectivity index (χ1) is 7.62. The highest BCUT2D eigenvalue weighted by Gasteiger charge is 2.37. The Bertz CT molecular complexity index is 236. The van der Waals surface area contributed by atoms with E-state index in [4.69, 9.17) is 5.73 Å².